The number of hydrogen-bond donors (Lipinski definition) is 3. The first-order valence-electron chi connectivity index (χ1n) is 8.84. The van der Waals surface area contributed by atoms with Crippen LogP contribution in [0.15, 0.2) is 24.3 Å². The normalized spacial score (nSPS) is 14.8. The van der Waals surface area contributed by atoms with E-state index in [1.54, 1.807) is 46.8 Å². The maximum Gasteiger partial charge on any atom is 0.407 e. The van der Waals surface area contributed by atoms with Gasteiger partial charge in [0.2, 0.25) is 5.60 Å². The Bertz CT molecular complexity index is 844. The van der Waals surface area contributed by atoms with Gasteiger partial charge in [0.25, 0.3) is 0 Å². The molecule has 1 aromatic carbocycles. The number of aromatic nitrogens is 2. The van der Waals surface area contributed by atoms with Crippen LogP contribution >= 0.6 is 11.5 Å². The number of nitrogens with zero attached hydrogens (tertiary/aromatic N) is 2. The molecular weight excluding hydrogens is 382 g/mol. The Kier molecular flexibility index (Phi) is 6.41. The number of carboxylic acid groups (broad SMARTS) is 1. The molecule has 0 spiro atoms. The number of carbonyl (C=O) groups excluding carboxylic acids is 1. The molecule has 0 aliphatic heterocycles. The molecule has 1 heterocycles. The molecule has 0 aliphatic rings. The summed E-state index contributed by atoms with van der Waals surface area (Å²) in [6, 6.07) is 5.28. The van der Waals surface area contributed by atoms with Crippen LogP contribution in [-0.2, 0) is 15.1 Å². The fourth-order valence-electron chi connectivity index (χ4n) is 2.71. The van der Waals surface area contributed by atoms with Crippen molar-refractivity contribution in [3.05, 3.63) is 35.7 Å². The third kappa shape index (κ3) is 4.85. The molecule has 28 heavy (non-hydrogen) atoms. The summed E-state index contributed by atoms with van der Waals surface area (Å²) >= 11 is 1.23. The average Bonchev–Trinajstić information content (AvgIpc) is 3.04. The molecule has 8 nitrogen and oxygen atoms in total. The second-order valence-electron chi connectivity index (χ2n) is 7.40. The minimum absolute atomic E-state index is 0.146. The van der Waals surface area contributed by atoms with Gasteiger partial charge in [-0.05, 0) is 51.2 Å². The van der Waals surface area contributed by atoms with Crippen molar-refractivity contribution in [1.29, 1.82) is 0 Å². The summed E-state index contributed by atoms with van der Waals surface area (Å²) < 4.78 is 9.31. The van der Waals surface area contributed by atoms with Gasteiger partial charge in [0, 0.05) is 5.56 Å². The molecule has 152 valence electrons. The van der Waals surface area contributed by atoms with Gasteiger partial charge in [0.15, 0.2) is 0 Å². The molecule has 0 saturated heterocycles. The van der Waals surface area contributed by atoms with Crippen molar-refractivity contribution < 1.29 is 24.5 Å². The quantitative estimate of drug-likeness (QED) is 0.672. The van der Waals surface area contributed by atoms with Crippen LogP contribution in [0.2, 0.25) is 0 Å². The van der Waals surface area contributed by atoms with Crippen LogP contribution in [0, 0.1) is 6.92 Å². The summed E-state index contributed by atoms with van der Waals surface area (Å²) in [5.41, 5.74) is -2.16. The van der Waals surface area contributed by atoms with Crippen LogP contribution in [0.3, 0.4) is 0 Å². The topological polar surface area (TPSA) is 122 Å². The highest BCUT2D eigenvalue weighted by atomic mass is 32.1. The number of aryl methyl sites for hydroxylation is 1. The number of aliphatic hydroxyl groups is 1. The fraction of sp³-hybridized carbons (Fsp3) is 0.474. The molecule has 1 aromatic heterocycles. The van der Waals surface area contributed by atoms with Crippen molar-refractivity contribution in [1.82, 2.24) is 14.7 Å². The third-order valence-corrected chi connectivity index (χ3v) is 4.88. The van der Waals surface area contributed by atoms with E-state index in [2.05, 4.69) is 14.7 Å². The van der Waals surface area contributed by atoms with Crippen molar-refractivity contribution in [2.45, 2.75) is 58.3 Å². The molecule has 3 N–H and O–H groups in total. The molecule has 1 unspecified atom stereocenters. The summed E-state index contributed by atoms with van der Waals surface area (Å²) in [7, 11) is 0. The predicted molar refractivity (Wildman–Crippen MR) is 105 cm³/mol. The van der Waals surface area contributed by atoms with Crippen LogP contribution in [0.5, 0.6) is 0 Å². The van der Waals surface area contributed by atoms with Crippen molar-refractivity contribution >= 4 is 23.6 Å². The second-order valence-corrected chi connectivity index (χ2v) is 8.15. The zero-order valence-corrected chi connectivity index (χ0v) is 17.3. The first kappa shape index (κ1) is 21.8. The van der Waals surface area contributed by atoms with Gasteiger partial charge >= 0.3 is 12.1 Å². The lowest BCUT2D eigenvalue weighted by Gasteiger charge is -2.33. The first-order valence-corrected chi connectivity index (χ1v) is 9.61. The van der Waals surface area contributed by atoms with E-state index in [0.29, 0.717) is 10.8 Å². The third-order valence-electron chi connectivity index (χ3n) is 4.03. The predicted octanol–water partition coefficient (Wildman–Crippen LogP) is 3.09. The molecule has 0 bridgehead atoms. The highest BCUT2D eigenvalue weighted by Gasteiger charge is 2.46. The van der Waals surface area contributed by atoms with E-state index >= 15 is 0 Å². The second kappa shape index (κ2) is 8.24. The number of hydrogen-bond acceptors (Lipinski definition) is 7. The lowest BCUT2D eigenvalue weighted by molar-refractivity contribution is -0.163. The van der Waals surface area contributed by atoms with Gasteiger partial charge in [-0.3, -0.25) is 0 Å². The van der Waals surface area contributed by atoms with Crippen LogP contribution in [0.25, 0.3) is 10.6 Å². The zero-order valence-electron chi connectivity index (χ0n) is 16.5. The first-order chi connectivity index (χ1) is 13.0. The van der Waals surface area contributed by atoms with E-state index < -0.39 is 29.3 Å². The summed E-state index contributed by atoms with van der Waals surface area (Å²) in [5, 5.41) is 24.0. The number of alkyl carbamates (subject to hydrolysis) is 1. The van der Waals surface area contributed by atoms with Gasteiger partial charge in [-0.1, -0.05) is 31.2 Å². The van der Waals surface area contributed by atoms with E-state index in [0.717, 1.165) is 5.56 Å². The van der Waals surface area contributed by atoms with Crippen LogP contribution in [0.1, 0.15) is 45.5 Å². The van der Waals surface area contributed by atoms with E-state index in [4.69, 9.17) is 4.74 Å². The number of carbonyl (C=O) groups is 2. The molecule has 0 radical (unpaired) electrons. The highest BCUT2D eigenvalue weighted by molar-refractivity contribution is 7.09. The SMILES string of the molecule is CCC(NC(=O)OC(C)(C)C)[C@@](O)(C(=O)O)c1ccc(-c2nc(C)ns2)cc1. The van der Waals surface area contributed by atoms with Crippen LogP contribution in [-0.4, -0.2) is 43.3 Å². The largest absolute Gasteiger partial charge is 0.479 e. The fourth-order valence-corrected chi connectivity index (χ4v) is 3.38. The van der Waals surface area contributed by atoms with Gasteiger partial charge in [-0.15, -0.1) is 0 Å². The van der Waals surface area contributed by atoms with E-state index in [1.807, 2.05) is 0 Å². The number of rotatable bonds is 6. The number of carboxylic acids is 1. The maximum absolute atomic E-state index is 12.1. The molecular formula is C19H25N3O5S. The van der Waals surface area contributed by atoms with Gasteiger partial charge in [0.05, 0.1) is 6.04 Å². The van der Waals surface area contributed by atoms with Gasteiger partial charge in [-0.2, -0.15) is 4.37 Å². The molecule has 9 heteroatoms. The van der Waals surface area contributed by atoms with Crippen LogP contribution < -0.4 is 5.32 Å². The number of amides is 1. The Morgan fingerprint density at radius 2 is 1.86 bits per heavy atom. The number of ether oxygens (including phenoxy) is 1. The van der Waals surface area contributed by atoms with Gasteiger partial charge in [-0.25, -0.2) is 14.6 Å². The molecule has 2 atom stereocenters. The highest BCUT2D eigenvalue weighted by Crippen LogP contribution is 2.30. The lowest BCUT2D eigenvalue weighted by Crippen LogP contribution is -2.55. The number of aliphatic carboxylic acids is 1. The molecule has 0 saturated carbocycles. The smallest absolute Gasteiger partial charge is 0.407 e. The molecule has 1 amide bonds. The Hall–Kier alpha value is -2.52. The molecule has 0 fully saturated rings. The van der Waals surface area contributed by atoms with E-state index in [-0.39, 0.29) is 12.0 Å². The molecule has 0 aliphatic carbocycles. The van der Waals surface area contributed by atoms with Crippen molar-refractivity contribution in [3.63, 3.8) is 0 Å². The average molecular weight is 407 g/mol. The Balaban J connectivity index is 2.32. The summed E-state index contributed by atoms with van der Waals surface area (Å²) in [6.45, 7) is 8.56. The molecule has 2 rings (SSSR count). The maximum atomic E-state index is 12.1. The van der Waals surface area contributed by atoms with Crippen molar-refractivity contribution in [2.75, 3.05) is 0 Å². The number of nitrogens with one attached hydrogen (secondary N) is 1. The zero-order chi connectivity index (χ0) is 21.1. The minimum Gasteiger partial charge on any atom is -0.479 e. The lowest BCUT2D eigenvalue weighted by atomic mass is 9.84. The Morgan fingerprint density at radius 3 is 2.29 bits per heavy atom. The Morgan fingerprint density at radius 1 is 1.25 bits per heavy atom. The van der Waals surface area contributed by atoms with Crippen molar-refractivity contribution in [2.24, 2.45) is 0 Å². The standard InChI is InChI=1S/C19H25N3O5S/c1-6-14(21-17(25)27-18(3,4)5)19(26,16(23)24)13-9-7-12(8-10-13)15-20-11(2)22-28-15/h7-10,14,26H,6H2,1-5H3,(H,21,25)(H,23,24)/t14?,19-/m1/s1. The van der Waals surface area contributed by atoms with Crippen LogP contribution in [0.4, 0.5) is 4.79 Å². The molecule has 2 aromatic rings. The Labute approximate surface area is 167 Å². The minimum atomic E-state index is -2.32. The van der Waals surface area contributed by atoms with Crippen molar-refractivity contribution in [3.8, 4) is 10.6 Å². The van der Waals surface area contributed by atoms with E-state index in [1.165, 1.54) is 23.7 Å². The number of benzene rings is 1. The summed E-state index contributed by atoms with van der Waals surface area (Å²) in [5.74, 6) is -0.811. The van der Waals surface area contributed by atoms with E-state index in [9.17, 15) is 19.8 Å². The van der Waals surface area contributed by atoms with Gasteiger partial charge in [0.1, 0.15) is 16.4 Å². The monoisotopic (exact) mass is 407 g/mol. The van der Waals surface area contributed by atoms with Gasteiger partial charge < -0.3 is 20.3 Å². The summed E-state index contributed by atoms with van der Waals surface area (Å²) in [6.07, 6.45) is -0.612. The summed E-state index contributed by atoms with van der Waals surface area (Å²) in [4.78, 5) is 28.4.